The number of nitrogens with zero attached hydrogens (tertiary/aromatic N) is 3. The van der Waals surface area contributed by atoms with Crippen LogP contribution in [0.2, 0.25) is 0 Å². The van der Waals surface area contributed by atoms with Gasteiger partial charge < -0.3 is 20.1 Å². The van der Waals surface area contributed by atoms with Crippen molar-refractivity contribution in [1.82, 2.24) is 20.3 Å². The molecule has 1 fully saturated rings. The molecule has 1 aromatic heterocycles. The van der Waals surface area contributed by atoms with Crippen LogP contribution in [0.25, 0.3) is 0 Å². The highest BCUT2D eigenvalue weighted by Crippen LogP contribution is 2.31. The summed E-state index contributed by atoms with van der Waals surface area (Å²) in [6, 6.07) is 14.8. The number of carbonyl (C=O) groups excluding carboxylic acids is 1. The van der Waals surface area contributed by atoms with Gasteiger partial charge in [-0.25, -0.2) is 4.68 Å². The lowest BCUT2D eigenvalue weighted by Crippen LogP contribution is -2.29. The number of amides is 1. The number of piperidine rings is 1. The summed E-state index contributed by atoms with van der Waals surface area (Å²) in [6.07, 6.45) is 3.68. The molecule has 0 bridgehead atoms. The number of hydrogen-bond donors (Lipinski definition) is 2. The minimum Gasteiger partial charge on any atom is -0.493 e. The normalized spacial score (nSPS) is 13.9. The first-order valence-corrected chi connectivity index (χ1v) is 9.58. The molecule has 1 amide bonds. The van der Waals surface area contributed by atoms with Gasteiger partial charge in [0.1, 0.15) is 5.75 Å². The standard InChI is InChI=1S/C21H23N5O3.ClH/c1-28-19-4-2-3-5-20(19)29-17-8-6-15(7-9-17)23-21(27)18-14-26(25-24-18)16-10-12-22-13-11-16;/h2-9,14,16,22H,10-13H2,1H3,(H,23,27);1H. The highest BCUT2D eigenvalue weighted by atomic mass is 35.5. The van der Waals surface area contributed by atoms with E-state index in [0.717, 1.165) is 25.9 Å². The molecule has 9 heteroatoms. The number of halogens is 1. The van der Waals surface area contributed by atoms with Crippen molar-refractivity contribution in [3.63, 3.8) is 0 Å². The van der Waals surface area contributed by atoms with Crippen molar-refractivity contribution in [1.29, 1.82) is 0 Å². The molecule has 1 aliphatic heterocycles. The van der Waals surface area contributed by atoms with E-state index in [1.807, 2.05) is 24.3 Å². The molecule has 8 nitrogen and oxygen atoms in total. The Morgan fingerprint density at radius 3 is 2.50 bits per heavy atom. The molecule has 1 saturated heterocycles. The lowest BCUT2D eigenvalue weighted by atomic mass is 10.1. The number of rotatable bonds is 6. The Morgan fingerprint density at radius 2 is 1.80 bits per heavy atom. The van der Waals surface area contributed by atoms with Crippen molar-refractivity contribution in [3.8, 4) is 17.2 Å². The second-order valence-corrected chi connectivity index (χ2v) is 6.80. The number of carbonyl (C=O) groups is 1. The quantitative estimate of drug-likeness (QED) is 0.621. The van der Waals surface area contributed by atoms with Crippen molar-refractivity contribution in [2.75, 3.05) is 25.5 Å². The lowest BCUT2D eigenvalue weighted by molar-refractivity contribution is 0.102. The summed E-state index contributed by atoms with van der Waals surface area (Å²) in [5.41, 5.74) is 0.955. The molecule has 2 N–H and O–H groups in total. The van der Waals surface area contributed by atoms with Crippen LogP contribution in [0.1, 0.15) is 29.4 Å². The molecular weight excluding hydrogens is 406 g/mol. The number of nitrogens with one attached hydrogen (secondary N) is 2. The van der Waals surface area contributed by atoms with Gasteiger partial charge in [0.2, 0.25) is 0 Å². The topological polar surface area (TPSA) is 90.3 Å². The van der Waals surface area contributed by atoms with Crippen molar-refractivity contribution < 1.29 is 14.3 Å². The third-order valence-corrected chi connectivity index (χ3v) is 4.83. The number of methoxy groups -OCH3 is 1. The second kappa shape index (κ2) is 10.1. The fourth-order valence-electron chi connectivity index (χ4n) is 3.26. The highest BCUT2D eigenvalue weighted by Gasteiger charge is 2.18. The maximum absolute atomic E-state index is 12.5. The Kier molecular flexibility index (Phi) is 7.26. The van der Waals surface area contributed by atoms with Gasteiger partial charge in [0, 0.05) is 5.69 Å². The summed E-state index contributed by atoms with van der Waals surface area (Å²) in [5, 5.41) is 14.3. The summed E-state index contributed by atoms with van der Waals surface area (Å²) in [6.45, 7) is 1.91. The molecule has 2 aromatic carbocycles. The zero-order chi connectivity index (χ0) is 20.1. The second-order valence-electron chi connectivity index (χ2n) is 6.80. The van der Waals surface area contributed by atoms with Crippen molar-refractivity contribution in [3.05, 3.63) is 60.4 Å². The molecule has 0 saturated carbocycles. The number of para-hydroxylation sites is 2. The first-order valence-electron chi connectivity index (χ1n) is 9.58. The molecule has 0 radical (unpaired) electrons. The number of hydrogen-bond acceptors (Lipinski definition) is 6. The average Bonchev–Trinajstić information content (AvgIpc) is 3.27. The van der Waals surface area contributed by atoms with E-state index < -0.39 is 0 Å². The minimum atomic E-state index is -0.288. The van der Waals surface area contributed by atoms with Gasteiger partial charge in [0.05, 0.1) is 19.3 Å². The van der Waals surface area contributed by atoms with E-state index in [9.17, 15) is 4.79 Å². The lowest BCUT2D eigenvalue weighted by Gasteiger charge is -2.22. The van der Waals surface area contributed by atoms with E-state index in [1.165, 1.54) is 0 Å². The molecule has 30 heavy (non-hydrogen) atoms. The van der Waals surface area contributed by atoms with E-state index in [1.54, 1.807) is 42.3 Å². The van der Waals surface area contributed by atoms with Gasteiger partial charge in [0.25, 0.3) is 5.91 Å². The molecule has 0 atom stereocenters. The van der Waals surface area contributed by atoms with Gasteiger partial charge in [-0.1, -0.05) is 17.3 Å². The van der Waals surface area contributed by atoms with Crippen LogP contribution in [-0.4, -0.2) is 41.1 Å². The SMILES string of the molecule is COc1ccccc1Oc1ccc(NC(=O)c2cn(C3CCNCC3)nn2)cc1.Cl. The monoisotopic (exact) mass is 429 g/mol. The Morgan fingerprint density at radius 1 is 1.10 bits per heavy atom. The maximum Gasteiger partial charge on any atom is 0.277 e. The molecule has 3 aromatic rings. The van der Waals surface area contributed by atoms with Crippen LogP contribution < -0.4 is 20.1 Å². The van der Waals surface area contributed by atoms with E-state index >= 15 is 0 Å². The summed E-state index contributed by atoms with van der Waals surface area (Å²) < 4.78 is 12.9. The molecule has 0 spiro atoms. The molecule has 158 valence electrons. The number of aromatic nitrogens is 3. The number of benzene rings is 2. The Hall–Kier alpha value is -3.10. The Bertz CT molecular complexity index is 971. The van der Waals surface area contributed by atoms with Crippen LogP contribution in [0.3, 0.4) is 0 Å². The maximum atomic E-state index is 12.5. The Labute approximate surface area is 181 Å². The van der Waals surface area contributed by atoms with Crippen LogP contribution in [0.15, 0.2) is 54.7 Å². The van der Waals surface area contributed by atoms with E-state index in [-0.39, 0.29) is 24.4 Å². The third-order valence-electron chi connectivity index (χ3n) is 4.83. The largest absolute Gasteiger partial charge is 0.493 e. The fourth-order valence-corrected chi connectivity index (χ4v) is 3.26. The summed E-state index contributed by atoms with van der Waals surface area (Å²) in [4.78, 5) is 12.5. The first kappa shape index (κ1) is 21.6. The fraction of sp³-hybridized carbons (Fsp3) is 0.286. The summed E-state index contributed by atoms with van der Waals surface area (Å²) in [5.74, 6) is 1.64. The average molecular weight is 430 g/mol. The highest BCUT2D eigenvalue weighted by molar-refractivity contribution is 6.02. The van der Waals surface area contributed by atoms with Gasteiger partial charge in [-0.3, -0.25) is 4.79 Å². The zero-order valence-corrected chi connectivity index (χ0v) is 17.4. The number of anilines is 1. The van der Waals surface area contributed by atoms with Crippen LogP contribution in [0, 0.1) is 0 Å². The van der Waals surface area contributed by atoms with Gasteiger partial charge in [0.15, 0.2) is 17.2 Å². The van der Waals surface area contributed by atoms with Gasteiger partial charge in [-0.05, 0) is 62.3 Å². The van der Waals surface area contributed by atoms with Crippen LogP contribution in [-0.2, 0) is 0 Å². The zero-order valence-electron chi connectivity index (χ0n) is 16.6. The van der Waals surface area contributed by atoms with Crippen LogP contribution >= 0.6 is 12.4 Å². The summed E-state index contributed by atoms with van der Waals surface area (Å²) >= 11 is 0. The first-order chi connectivity index (χ1) is 14.2. The van der Waals surface area contributed by atoms with Gasteiger partial charge in [-0.15, -0.1) is 17.5 Å². The van der Waals surface area contributed by atoms with E-state index in [4.69, 9.17) is 9.47 Å². The molecular formula is C21H24ClN5O3. The molecule has 1 aliphatic rings. The van der Waals surface area contributed by atoms with Crippen molar-refractivity contribution in [2.45, 2.75) is 18.9 Å². The van der Waals surface area contributed by atoms with Crippen molar-refractivity contribution >= 4 is 24.0 Å². The molecule has 2 heterocycles. The predicted molar refractivity (Wildman–Crippen MR) is 116 cm³/mol. The third kappa shape index (κ3) is 5.08. The predicted octanol–water partition coefficient (Wildman–Crippen LogP) is 3.68. The molecule has 0 unspecified atom stereocenters. The minimum absolute atomic E-state index is 0. The van der Waals surface area contributed by atoms with Crippen molar-refractivity contribution in [2.24, 2.45) is 0 Å². The van der Waals surface area contributed by atoms with E-state index in [0.29, 0.717) is 28.6 Å². The summed E-state index contributed by atoms with van der Waals surface area (Å²) in [7, 11) is 1.60. The van der Waals surface area contributed by atoms with Crippen LogP contribution in [0.4, 0.5) is 5.69 Å². The van der Waals surface area contributed by atoms with E-state index in [2.05, 4.69) is 20.9 Å². The van der Waals surface area contributed by atoms with Crippen LogP contribution in [0.5, 0.6) is 17.2 Å². The van der Waals surface area contributed by atoms with Gasteiger partial charge in [-0.2, -0.15) is 0 Å². The van der Waals surface area contributed by atoms with Gasteiger partial charge >= 0.3 is 0 Å². The smallest absolute Gasteiger partial charge is 0.277 e. The Balaban J connectivity index is 0.00000256. The molecule has 0 aliphatic carbocycles. The number of ether oxygens (including phenoxy) is 2. The molecule has 4 rings (SSSR count).